The van der Waals surface area contributed by atoms with Crippen molar-refractivity contribution in [2.45, 2.75) is 0 Å². The summed E-state index contributed by atoms with van der Waals surface area (Å²) < 4.78 is 6.53. The Morgan fingerprint density at radius 3 is 1.45 bits per heavy atom. The first-order chi connectivity index (χ1) is 24.3. The van der Waals surface area contributed by atoms with E-state index in [0.29, 0.717) is 11.4 Å². The number of furan rings is 1. The van der Waals surface area contributed by atoms with E-state index in [4.69, 9.17) is 14.4 Å². The molecule has 10 rings (SSSR count). The largest absolute Gasteiger partial charge is 0.452 e. The molecule has 0 saturated carbocycles. The number of fused-ring (bicyclic) bond motifs is 9. The molecule has 228 valence electrons. The van der Waals surface area contributed by atoms with Crippen LogP contribution in [0.25, 0.3) is 99.3 Å². The first-order valence-corrected chi connectivity index (χ1v) is 16.6. The van der Waals surface area contributed by atoms with Gasteiger partial charge >= 0.3 is 0 Å². The molecule has 49 heavy (non-hydrogen) atoms. The van der Waals surface area contributed by atoms with Crippen LogP contribution in [0.5, 0.6) is 0 Å². The molecule has 2 heterocycles. The van der Waals surface area contributed by atoms with Gasteiger partial charge in [0.05, 0.1) is 0 Å². The van der Waals surface area contributed by atoms with E-state index in [1.807, 2.05) is 30.3 Å². The highest BCUT2D eigenvalue weighted by Gasteiger charge is 2.19. The number of rotatable bonds is 4. The van der Waals surface area contributed by atoms with E-state index in [1.54, 1.807) is 0 Å². The number of benzene rings is 8. The van der Waals surface area contributed by atoms with Crippen LogP contribution in [0.2, 0.25) is 0 Å². The highest BCUT2D eigenvalue weighted by molar-refractivity contribution is 6.25. The maximum atomic E-state index is 6.53. The lowest BCUT2D eigenvalue weighted by molar-refractivity contribution is 0.667. The Morgan fingerprint density at radius 2 is 0.796 bits per heavy atom. The fourth-order valence-electron chi connectivity index (χ4n) is 7.27. The van der Waals surface area contributed by atoms with E-state index in [2.05, 4.69) is 140 Å². The Bertz CT molecular complexity index is 2820. The third-order valence-corrected chi connectivity index (χ3v) is 9.69. The number of hydrogen-bond donors (Lipinski definition) is 0. The molecule has 0 bridgehead atoms. The minimum atomic E-state index is 0.675. The number of nitrogens with zero attached hydrogens (tertiary/aromatic N) is 2. The number of aromatic nitrogens is 2. The summed E-state index contributed by atoms with van der Waals surface area (Å²) in [5.41, 5.74) is 9.63. The molecule has 0 radical (unpaired) electrons. The molecule has 8 aromatic carbocycles. The van der Waals surface area contributed by atoms with Crippen molar-refractivity contribution >= 4 is 54.4 Å². The first-order valence-electron chi connectivity index (χ1n) is 16.6. The van der Waals surface area contributed by atoms with E-state index in [-0.39, 0.29) is 0 Å². The SMILES string of the molecule is c1ccc(-c2ccc3oc4c(-c5ccc(-c6ccc7c8ccccc8c8ccccc8c7c6)cc5)nc(-c5ccccc5)nc4c3c2)cc1. The van der Waals surface area contributed by atoms with Crippen LogP contribution in [0, 0.1) is 0 Å². The van der Waals surface area contributed by atoms with Crippen LogP contribution in [0.3, 0.4) is 0 Å². The van der Waals surface area contributed by atoms with Gasteiger partial charge in [-0.1, -0.05) is 152 Å². The Balaban J connectivity index is 1.13. The third-order valence-electron chi connectivity index (χ3n) is 9.69. The second kappa shape index (κ2) is 11.0. The van der Waals surface area contributed by atoms with Crippen molar-refractivity contribution in [1.29, 1.82) is 0 Å². The minimum absolute atomic E-state index is 0.675. The summed E-state index contributed by atoms with van der Waals surface area (Å²) in [5.74, 6) is 0.675. The quantitative estimate of drug-likeness (QED) is 0.183. The standard InChI is InChI=1S/C46H28N2O/c1-3-11-29(12-4-1)34-24-26-42-41(28-34)44-45(49-42)43(47-46(48-44)32-13-5-2-6-14-32)31-21-19-30(20-22-31)33-23-25-39-37-17-8-7-15-35(37)36-16-9-10-18-38(36)40(39)27-33/h1-28H. The summed E-state index contributed by atoms with van der Waals surface area (Å²) in [7, 11) is 0. The van der Waals surface area contributed by atoms with Crippen molar-refractivity contribution in [2.24, 2.45) is 0 Å². The summed E-state index contributed by atoms with van der Waals surface area (Å²) in [6, 6.07) is 59.8. The lowest BCUT2D eigenvalue weighted by Crippen LogP contribution is -1.94. The van der Waals surface area contributed by atoms with Gasteiger partial charge in [0.2, 0.25) is 0 Å². The Hall–Kier alpha value is -6.58. The second-order valence-corrected chi connectivity index (χ2v) is 12.5. The van der Waals surface area contributed by atoms with E-state index in [0.717, 1.165) is 50.0 Å². The van der Waals surface area contributed by atoms with Crippen LogP contribution in [0.1, 0.15) is 0 Å². The lowest BCUT2D eigenvalue weighted by Gasteiger charge is -2.12. The molecule has 0 atom stereocenters. The molecule has 0 fully saturated rings. The third kappa shape index (κ3) is 4.51. The van der Waals surface area contributed by atoms with Gasteiger partial charge in [0.1, 0.15) is 16.8 Å². The molecule has 3 heteroatoms. The van der Waals surface area contributed by atoms with Gasteiger partial charge in [-0.05, 0) is 72.8 Å². The summed E-state index contributed by atoms with van der Waals surface area (Å²) in [6.07, 6.45) is 0. The molecule has 0 amide bonds. The van der Waals surface area contributed by atoms with Crippen LogP contribution in [-0.2, 0) is 0 Å². The molecule has 0 aliphatic heterocycles. The van der Waals surface area contributed by atoms with Crippen LogP contribution in [-0.4, -0.2) is 9.97 Å². The van der Waals surface area contributed by atoms with E-state index >= 15 is 0 Å². The Labute approximate surface area is 282 Å². The zero-order valence-corrected chi connectivity index (χ0v) is 26.5. The lowest BCUT2D eigenvalue weighted by atomic mass is 9.92. The predicted octanol–water partition coefficient (Wildman–Crippen LogP) is 12.5. The van der Waals surface area contributed by atoms with Gasteiger partial charge in [-0.2, -0.15) is 0 Å². The molecule has 3 nitrogen and oxygen atoms in total. The Kier molecular flexibility index (Phi) is 6.18. The normalized spacial score (nSPS) is 11.7. The van der Waals surface area contributed by atoms with Gasteiger partial charge in [-0.25, -0.2) is 9.97 Å². The minimum Gasteiger partial charge on any atom is -0.452 e. The van der Waals surface area contributed by atoms with Gasteiger partial charge < -0.3 is 4.42 Å². The summed E-state index contributed by atoms with van der Waals surface area (Å²) >= 11 is 0. The van der Waals surface area contributed by atoms with Gasteiger partial charge in [0.25, 0.3) is 0 Å². The predicted molar refractivity (Wildman–Crippen MR) is 204 cm³/mol. The van der Waals surface area contributed by atoms with E-state index in [9.17, 15) is 0 Å². The zero-order valence-electron chi connectivity index (χ0n) is 26.5. The average molecular weight is 625 g/mol. The summed E-state index contributed by atoms with van der Waals surface area (Å²) in [4.78, 5) is 10.2. The Morgan fingerprint density at radius 1 is 0.327 bits per heavy atom. The van der Waals surface area contributed by atoms with Crippen LogP contribution < -0.4 is 0 Å². The second-order valence-electron chi connectivity index (χ2n) is 12.5. The molecule has 10 aromatic rings. The molecule has 2 aromatic heterocycles. The van der Waals surface area contributed by atoms with Crippen molar-refractivity contribution in [3.8, 4) is 44.9 Å². The highest BCUT2D eigenvalue weighted by Crippen LogP contribution is 2.40. The molecular weight excluding hydrogens is 597 g/mol. The average Bonchev–Trinajstić information content (AvgIpc) is 3.56. The summed E-state index contributed by atoms with van der Waals surface area (Å²) in [6.45, 7) is 0. The van der Waals surface area contributed by atoms with Crippen LogP contribution in [0.4, 0.5) is 0 Å². The maximum absolute atomic E-state index is 6.53. The molecule has 0 aliphatic carbocycles. The van der Waals surface area contributed by atoms with E-state index in [1.165, 1.54) is 37.9 Å². The van der Waals surface area contributed by atoms with Crippen molar-refractivity contribution in [2.75, 3.05) is 0 Å². The smallest absolute Gasteiger partial charge is 0.180 e. The zero-order chi connectivity index (χ0) is 32.3. The molecular formula is C46H28N2O. The topological polar surface area (TPSA) is 38.9 Å². The van der Waals surface area contributed by atoms with Gasteiger partial charge in [-0.3, -0.25) is 0 Å². The fourth-order valence-corrected chi connectivity index (χ4v) is 7.27. The van der Waals surface area contributed by atoms with Crippen molar-refractivity contribution in [3.05, 3.63) is 170 Å². The summed E-state index contributed by atoms with van der Waals surface area (Å²) in [5, 5.41) is 8.63. The van der Waals surface area contributed by atoms with Gasteiger partial charge in [0, 0.05) is 16.5 Å². The van der Waals surface area contributed by atoms with Crippen molar-refractivity contribution in [3.63, 3.8) is 0 Å². The first kappa shape index (κ1) is 27.5. The van der Waals surface area contributed by atoms with Gasteiger partial charge in [-0.15, -0.1) is 0 Å². The molecule has 0 saturated heterocycles. The molecule has 0 N–H and O–H groups in total. The van der Waals surface area contributed by atoms with Crippen LogP contribution >= 0.6 is 0 Å². The molecule has 0 unspecified atom stereocenters. The molecule has 0 spiro atoms. The maximum Gasteiger partial charge on any atom is 0.180 e. The number of hydrogen-bond acceptors (Lipinski definition) is 3. The van der Waals surface area contributed by atoms with E-state index < -0.39 is 0 Å². The molecule has 0 aliphatic rings. The highest BCUT2D eigenvalue weighted by atomic mass is 16.3. The fraction of sp³-hybridized carbons (Fsp3) is 0. The monoisotopic (exact) mass is 624 g/mol. The van der Waals surface area contributed by atoms with Crippen molar-refractivity contribution < 1.29 is 4.42 Å². The van der Waals surface area contributed by atoms with Crippen molar-refractivity contribution in [1.82, 2.24) is 9.97 Å². The van der Waals surface area contributed by atoms with Gasteiger partial charge in [0.15, 0.2) is 11.4 Å². The van der Waals surface area contributed by atoms with Crippen LogP contribution in [0.15, 0.2) is 174 Å².